The van der Waals surface area contributed by atoms with Crippen molar-refractivity contribution in [2.24, 2.45) is 5.41 Å². The van der Waals surface area contributed by atoms with Crippen molar-refractivity contribution in [2.45, 2.75) is 110 Å². The molecule has 0 spiro atoms. The summed E-state index contributed by atoms with van der Waals surface area (Å²) in [7, 11) is 0. The van der Waals surface area contributed by atoms with Gasteiger partial charge in [0.05, 0.1) is 69.2 Å². The number of halogens is 7. The number of thiocarbonyl (C=S) groups is 1. The minimum atomic E-state index is -5.27. The highest BCUT2D eigenvalue weighted by atomic mass is 32.1. The van der Waals surface area contributed by atoms with Crippen molar-refractivity contribution in [1.29, 1.82) is 5.26 Å². The summed E-state index contributed by atoms with van der Waals surface area (Å²) in [5.74, 6) is -4.47. The SMILES string of the molecule is Cc1ncsc1-c1ccc([C@H](C)NC(=O)C2CCCN2C(=O)C(NC(=O)COCCCCOc2ccc(-c3ccc(N4C(=S)N(c5ccc(C#N)c(C(F)(F)F)c5F)C(=O)C4(C)C)cn3)cc2C(F)(F)F)C(C)(C)C)cc1. The van der Waals surface area contributed by atoms with Gasteiger partial charge in [-0.05, 0) is 125 Å². The second kappa shape index (κ2) is 22.9. The van der Waals surface area contributed by atoms with Gasteiger partial charge >= 0.3 is 12.4 Å². The fourth-order valence-electron chi connectivity index (χ4n) is 9.14. The highest BCUT2D eigenvalue weighted by Crippen LogP contribution is 2.43. The second-order valence-corrected chi connectivity index (χ2v) is 21.4. The molecule has 5 aromatic rings. The molecule has 408 valence electrons. The lowest BCUT2D eigenvalue weighted by Crippen LogP contribution is -2.58. The monoisotopic (exact) mass is 1110 g/mol. The van der Waals surface area contributed by atoms with Gasteiger partial charge in [-0.1, -0.05) is 45.0 Å². The first-order valence-electron chi connectivity index (χ1n) is 24.4. The van der Waals surface area contributed by atoms with Gasteiger partial charge in [-0.15, -0.1) is 11.3 Å². The number of unbranched alkanes of at least 4 members (excludes halogenated alkanes) is 1. The van der Waals surface area contributed by atoms with Crippen LogP contribution in [0.2, 0.25) is 0 Å². The lowest BCUT2D eigenvalue weighted by molar-refractivity contribution is -0.144. The Hall–Kier alpha value is -7.03. The van der Waals surface area contributed by atoms with Gasteiger partial charge in [0, 0.05) is 18.7 Å². The zero-order chi connectivity index (χ0) is 56.4. The summed E-state index contributed by atoms with van der Waals surface area (Å²) < 4.78 is 111. The Morgan fingerprint density at radius 2 is 1.62 bits per heavy atom. The van der Waals surface area contributed by atoms with Crippen molar-refractivity contribution in [3.63, 3.8) is 0 Å². The molecule has 2 fully saturated rings. The number of carbonyl (C=O) groups is 4. The predicted octanol–water partition coefficient (Wildman–Crippen LogP) is 10.7. The quantitative estimate of drug-likeness (QED) is 0.0516. The van der Waals surface area contributed by atoms with E-state index in [-0.39, 0.29) is 48.5 Å². The molecule has 2 N–H and O–H groups in total. The molecule has 2 aromatic heterocycles. The maximum atomic E-state index is 15.5. The maximum Gasteiger partial charge on any atom is 0.420 e. The lowest BCUT2D eigenvalue weighted by Gasteiger charge is -2.35. The summed E-state index contributed by atoms with van der Waals surface area (Å²) in [6, 6.07) is 14.8. The van der Waals surface area contributed by atoms with Crippen LogP contribution in [0.4, 0.5) is 42.1 Å². The summed E-state index contributed by atoms with van der Waals surface area (Å²) in [6.07, 6.45) is -7.31. The molecule has 2 saturated heterocycles. The van der Waals surface area contributed by atoms with Gasteiger partial charge in [-0.25, -0.2) is 9.37 Å². The molecule has 0 aliphatic carbocycles. The van der Waals surface area contributed by atoms with E-state index in [1.807, 2.05) is 38.1 Å². The smallest absolute Gasteiger partial charge is 0.420 e. The van der Waals surface area contributed by atoms with E-state index >= 15 is 4.39 Å². The second-order valence-electron chi connectivity index (χ2n) is 20.1. The van der Waals surface area contributed by atoms with Crippen LogP contribution in [0.5, 0.6) is 5.75 Å². The van der Waals surface area contributed by atoms with E-state index in [0.717, 1.165) is 46.0 Å². The molecule has 0 bridgehead atoms. The number of thiazole rings is 1. The number of anilines is 2. The van der Waals surface area contributed by atoms with E-state index in [1.165, 1.54) is 54.1 Å². The summed E-state index contributed by atoms with van der Waals surface area (Å²) >= 11 is 7.03. The summed E-state index contributed by atoms with van der Waals surface area (Å²) in [6.45, 7) is 11.9. The van der Waals surface area contributed by atoms with E-state index in [4.69, 9.17) is 21.7 Å². The molecule has 3 atom stereocenters. The first-order chi connectivity index (χ1) is 36.1. The first-order valence-corrected chi connectivity index (χ1v) is 25.7. The van der Waals surface area contributed by atoms with Crippen molar-refractivity contribution < 1.29 is 59.4 Å². The summed E-state index contributed by atoms with van der Waals surface area (Å²) in [4.78, 5) is 67.4. The van der Waals surface area contributed by atoms with Crippen LogP contribution in [0.3, 0.4) is 0 Å². The molecule has 4 amide bonds. The van der Waals surface area contributed by atoms with E-state index in [2.05, 4.69) is 20.6 Å². The topological polar surface area (TPSA) is 170 Å². The maximum absolute atomic E-state index is 15.5. The van der Waals surface area contributed by atoms with Crippen molar-refractivity contribution in [1.82, 2.24) is 25.5 Å². The molecular formula is C54H55F7N8O6S2. The van der Waals surface area contributed by atoms with Crippen LogP contribution in [-0.2, 0) is 36.3 Å². The van der Waals surface area contributed by atoms with E-state index in [9.17, 15) is 50.8 Å². The number of hydrogen-bond acceptors (Lipinski definition) is 11. The average molecular weight is 1110 g/mol. The number of alkyl halides is 6. The normalized spacial score (nSPS) is 16.6. The Bertz CT molecular complexity index is 3080. The molecule has 2 unspecified atom stereocenters. The van der Waals surface area contributed by atoms with Gasteiger partial charge in [0.1, 0.15) is 35.5 Å². The number of hydrogen-bond donors (Lipinski definition) is 2. The van der Waals surface area contributed by atoms with Crippen LogP contribution in [0.15, 0.2) is 78.4 Å². The van der Waals surface area contributed by atoms with Crippen LogP contribution in [-0.4, -0.2) is 87.6 Å². The molecular weight excluding hydrogens is 1050 g/mol. The number of ether oxygens (including phenoxy) is 2. The molecule has 3 aromatic carbocycles. The van der Waals surface area contributed by atoms with Crippen molar-refractivity contribution in [2.75, 3.05) is 36.2 Å². The van der Waals surface area contributed by atoms with Gasteiger partial charge < -0.3 is 29.9 Å². The van der Waals surface area contributed by atoms with Crippen LogP contribution in [0.25, 0.3) is 21.7 Å². The number of nitrogens with one attached hydrogen (secondary N) is 2. The highest BCUT2D eigenvalue weighted by Gasteiger charge is 2.52. The Balaban J connectivity index is 0.898. The van der Waals surface area contributed by atoms with Gasteiger partial charge in [-0.2, -0.15) is 31.6 Å². The standard InChI is InChI=1S/C54H55F7N8O6S2/c1-30(32-12-14-33(15-13-32)45-31(2)64-29-77-45)65-47(71)40-11-10-22-67(40)48(72)46(51(3,4)5)66-42(70)28-74-23-8-9-24-75-41-21-17-34(25-37(41)53(56,57)58)38-19-18-36(27-63-38)69-50(76)68(49(73)52(69,6)7)39-20-16-35(26-62)43(44(39)55)54(59,60)61/h12-21,25,27,29-30,40,46H,8-11,22-24,28H2,1-7H3,(H,65,71)(H,66,70)/t30-,40?,46?/m0/s1. The van der Waals surface area contributed by atoms with Crippen molar-refractivity contribution in [3.8, 4) is 33.5 Å². The Morgan fingerprint density at radius 1 is 0.935 bits per heavy atom. The zero-order valence-corrected chi connectivity index (χ0v) is 44.6. The largest absolute Gasteiger partial charge is 0.493 e. The number of likely N-dealkylation sites (tertiary alicyclic amines) is 1. The number of benzene rings is 3. The number of aromatic nitrogens is 2. The third-order valence-electron chi connectivity index (χ3n) is 13.2. The number of aryl methyl sites for hydroxylation is 1. The number of carbonyl (C=O) groups excluding carboxylic acids is 4. The highest BCUT2D eigenvalue weighted by molar-refractivity contribution is 7.81. The van der Waals surface area contributed by atoms with Crippen LogP contribution < -0.4 is 25.2 Å². The Kier molecular flexibility index (Phi) is 17.1. The van der Waals surface area contributed by atoms with E-state index < -0.39 is 98.8 Å². The van der Waals surface area contributed by atoms with Crippen molar-refractivity contribution >= 4 is 63.7 Å². The lowest BCUT2D eigenvalue weighted by atomic mass is 9.85. The zero-order valence-electron chi connectivity index (χ0n) is 43.0. The van der Waals surface area contributed by atoms with Crippen LogP contribution in [0.1, 0.15) is 101 Å². The average Bonchev–Trinajstić information content (AvgIpc) is 4.17. The predicted molar refractivity (Wildman–Crippen MR) is 278 cm³/mol. The van der Waals surface area contributed by atoms with Gasteiger partial charge in [0.25, 0.3) is 5.91 Å². The van der Waals surface area contributed by atoms with Gasteiger partial charge in [-0.3, -0.25) is 29.1 Å². The molecule has 7 rings (SSSR count). The number of rotatable bonds is 17. The molecule has 23 heteroatoms. The number of nitrogens with zero attached hydrogens (tertiary/aromatic N) is 6. The molecule has 4 heterocycles. The fourth-order valence-corrected chi connectivity index (χ4v) is 10.5. The number of pyridine rings is 1. The third-order valence-corrected chi connectivity index (χ3v) is 14.6. The number of nitriles is 1. The molecule has 2 aliphatic rings. The Labute approximate surface area is 449 Å². The molecule has 0 saturated carbocycles. The van der Waals surface area contributed by atoms with Gasteiger partial charge in [0.15, 0.2) is 10.9 Å². The summed E-state index contributed by atoms with van der Waals surface area (Å²) in [5.41, 5.74) is -2.22. The molecule has 14 nitrogen and oxygen atoms in total. The van der Waals surface area contributed by atoms with Crippen LogP contribution >= 0.6 is 23.6 Å². The minimum Gasteiger partial charge on any atom is -0.493 e. The minimum absolute atomic E-state index is 0.0372. The number of amides is 4. The molecule has 2 aliphatic heterocycles. The molecule has 77 heavy (non-hydrogen) atoms. The van der Waals surface area contributed by atoms with E-state index in [0.29, 0.717) is 30.7 Å². The van der Waals surface area contributed by atoms with Crippen LogP contribution in [0, 0.1) is 29.5 Å². The third kappa shape index (κ3) is 12.6. The molecule has 0 radical (unpaired) electrons. The van der Waals surface area contributed by atoms with E-state index in [1.54, 1.807) is 37.6 Å². The fraction of sp³-hybridized carbons (Fsp3) is 0.407. The van der Waals surface area contributed by atoms with Crippen molar-refractivity contribution in [3.05, 3.63) is 112 Å². The Morgan fingerprint density at radius 3 is 2.23 bits per heavy atom. The first kappa shape index (κ1) is 57.7. The van der Waals surface area contributed by atoms with Gasteiger partial charge in [0.2, 0.25) is 17.7 Å². The summed E-state index contributed by atoms with van der Waals surface area (Å²) in [5, 5.41) is 14.6.